The zero-order chi connectivity index (χ0) is 27.5. The van der Waals surface area contributed by atoms with Gasteiger partial charge in [-0.3, -0.25) is 9.69 Å². The number of methoxy groups -OCH3 is 1. The molecule has 1 amide bonds. The number of amides is 1. The molecule has 1 fully saturated rings. The van der Waals surface area contributed by atoms with Gasteiger partial charge in [0, 0.05) is 11.0 Å². The molecule has 0 atom stereocenters. The van der Waals surface area contributed by atoms with Crippen molar-refractivity contribution in [2.24, 2.45) is 4.40 Å². The van der Waals surface area contributed by atoms with E-state index in [1.807, 2.05) is 18.2 Å². The van der Waals surface area contributed by atoms with E-state index < -0.39 is 10.0 Å². The summed E-state index contributed by atoms with van der Waals surface area (Å²) in [5.74, 6) is 0.946. The molecule has 10 heteroatoms. The van der Waals surface area contributed by atoms with Crippen molar-refractivity contribution in [3.05, 3.63) is 57.4 Å². The van der Waals surface area contributed by atoms with Crippen LogP contribution in [0.1, 0.15) is 64.4 Å². The molecule has 0 radical (unpaired) electrons. The van der Waals surface area contributed by atoms with E-state index in [0.717, 1.165) is 34.6 Å². The van der Waals surface area contributed by atoms with Crippen LogP contribution in [0.25, 0.3) is 6.08 Å². The summed E-state index contributed by atoms with van der Waals surface area (Å²) in [7, 11) is -2.39. The van der Waals surface area contributed by atoms with Crippen molar-refractivity contribution < 1.29 is 22.7 Å². The molecule has 0 saturated carbocycles. The van der Waals surface area contributed by atoms with Crippen LogP contribution in [-0.2, 0) is 14.8 Å². The molecule has 0 aliphatic carbocycles. The normalized spacial score (nSPS) is 16.0. The van der Waals surface area contributed by atoms with Gasteiger partial charge in [-0.15, -0.1) is 4.40 Å². The third-order valence-corrected chi connectivity index (χ3v) is 8.94. The molecule has 0 N–H and O–H groups in total. The van der Waals surface area contributed by atoms with Crippen molar-refractivity contribution in [2.45, 2.75) is 63.7 Å². The quantitative estimate of drug-likeness (QED) is 0.163. The standard InChI is InChI=1S/C28H35BrN2O5S2/c1-4-6-7-8-9-10-11-18-36-24-17-12-21(19-25(24)35-3)20-26-27(32)31(5-2)28(37-26)30-38(33,34)23-15-13-22(29)14-16-23/h12-17,19-20H,4-11,18H2,1-3H3/b26-20-,30-28?. The van der Waals surface area contributed by atoms with Gasteiger partial charge < -0.3 is 9.47 Å². The molecule has 0 aromatic heterocycles. The van der Waals surface area contributed by atoms with Gasteiger partial charge in [0.25, 0.3) is 15.9 Å². The van der Waals surface area contributed by atoms with Crippen molar-refractivity contribution in [1.29, 1.82) is 0 Å². The molecule has 1 aliphatic rings. The average molecular weight is 624 g/mol. The SMILES string of the molecule is CCCCCCCCCOc1ccc(/C=C2\SC(=NS(=O)(=O)c3ccc(Br)cc3)N(CC)C2=O)cc1OC. The number of hydrogen-bond acceptors (Lipinski definition) is 6. The lowest BCUT2D eigenvalue weighted by Crippen LogP contribution is -2.29. The Balaban J connectivity index is 1.69. The molecular weight excluding hydrogens is 588 g/mol. The average Bonchev–Trinajstić information content (AvgIpc) is 3.18. The van der Waals surface area contributed by atoms with Gasteiger partial charge >= 0.3 is 0 Å². The molecular formula is C28H35BrN2O5S2. The Morgan fingerprint density at radius 1 is 0.974 bits per heavy atom. The monoisotopic (exact) mass is 622 g/mol. The summed E-state index contributed by atoms with van der Waals surface area (Å²) in [6.07, 6.45) is 10.2. The Labute approximate surface area is 238 Å². The van der Waals surface area contributed by atoms with Crippen LogP contribution in [0, 0.1) is 0 Å². The minimum Gasteiger partial charge on any atom is -0.493 e. The Morgan fingerprint density at radius 2 is 1.66 bits per heavy atom. The minimum atomic E-state index is -3.97. The summed E-state index contributed by atoms with van der Waals surface area (Å²) in [4.78, 5) is 14.8. The first-order valence-corrected chi connectivity index (χ1v) is 16.0. The third kappa shape index (κ3) is 8.35. The third-order valence-electron chi connectivity index (χ3n) is 6.00. The van der Waals surface area contributed by atoms with E-state index in [2.05, 4.69) is 27.3 Å². The second kappa shape index (κ2) is 14.7. The number of carbonyl (C=O) groups is 1. The topological polar surface area (TPSA) is 85.3 Å². The Bertz CT molecular complexity index is 1260. The number of carbonyl (C=O) groups excluding carboxylic acids is 1. The molecule has 1 aliphatic heterocycles. The number of hydrogen-bond donors (Lipinski definition) is 0. The fourth-order valence-corrected chi connectivity index (χ4v) is 6.41. The van der Waals surface area contributed by atoms with Gasteiger partial charge in [-0.05, 0) is 73.1 Å². The van der Waals surface area contributed by atoms with E-state index >= 15 is 0 Å². The van der Waals surface area contributed by atoms with Gasteiger partial charge in [0.15, 0.2) is 16.7 Å². The predicted molar refractivity (Wildman–Crippen MR) is 158 cm³/mol. The highest BCUT2D eigenvalue weighted by Gasteiger charge is 2.34. The van der Waals surface area contributed by atoms with Crippen molar-refractivity contribution in [1.82, 2.24) is 4.90 Å². The zero-order valence-corrected chi connectivity index (χ0v) is 25.3. The number of likely N-dealkylation sites (N-methyl/N-ethyl adjacent to an activating group) is 1. The van der Waals surface area contributed by atoms with Crippen molar-refractivity contribution in [2.75, 3.05) is 20.3 Å². The molecule has 0 spiro atoms. The maximum atomic E-state index is 13.0. The first-order chi connectivity index (χ1) is 18.3. The first-order valence-electron chi connectivity index (χ1n) is 12.9. The fraction of sp³-hybridized carbons (Fsp3) is 0.429. The van der Waals surface area contributed by atoms with E-state index in [4.69, 9.17) is 9.47 Å². The maximum absolute atomic E-state index is 13.0. The van der Waals surface area contributed by atoms with Crippen LogP contribution < -0.4 is 9.47 Å². The molecule has 7 nitrogen and oxygen atoms in total. The van der Waals surface area contributed by atoms with Gasteiger partial charge in [0.2, 0.25) is 0 Å². The first kappa shape index (κ1) is 30.2. The summed E-state index contributed by atoms with van der Waals surface area (Å²) in [6.45, 7) is 4.92. The molecule has 2 aromatic carbocycles. The summed E-state index contributed by atoms with van der Waals surface area (Å²) >= 11 is 4.34. The number of ether oxygens (including phenoxy) is 2. The van der Waals surface area contributed by atoms with E-state index in [9.17, 15) is 13.2 Å². The van der Waals surface area contributed by atoms with Crippen LogP contribution in [-0.4, -0.2) is 44.7 Å². The number of halogens is 1. The molecule has 1 saturated heterocycles. The molecule has 0 bridgehead atoms. The second-order valence-electron chi connectivity index (χ2n) is 8.84. The number of benzene rings is 2. The van der Waals surface area contributed by atoms with E-state index in [-0.39, 0.29) is 16.0 Å². The number of rotatable bonds is 14. The molecule has 206 valence electrons. The van der Waals surface area contributed by atoms with Gasteiger partial charge in [0.05, 0.1) is 23.5 Å². The van der Waals surface area contributed by atoms with Crippen LogP contribution in [0.5, 0.6) is 11.5 Å². The van der Waals surface area contributed by atoms with Crippen LogP contribution in [0.4, 0.5) is 0 Å². The molecule has 2 aromatic rings. The summed E-state index contributed by atoms with van der Waals surface area (Å²) in [6, 6.07) is 11.7. The van der Waals surface area contributed by atoms with Crippen LogP contribution in [0.3, 0.4) is 0 Å². The molecule has 3 rings (SSSR count). The highest BCUT2D eigenvalue weighted by atomic mass is 79.9. The van der Waals surface area contributed by atoms with E-state index in [1.165, 1.54) is 49.1 Å². The van der Waals surface area contributed by atoms with Crippen LogP contribution >= 0.6 is 27.7 Å². The number of thioether (sulfide) groups is 1. The summed E-state index contributed by atoms with van der Waals surface area (Å²) < 4.78 is 41.9. The van der Waals surface area contributed by atoms with Crippen LogP contribution in [0.15, 0.2) is 61.1 Å². The second-order valence-corrected chi connectivity index (χ2v) is 12.4. The summed E-state index contributed by atoms with van der Waals surface area (Å²) in [5, 5.41) is 0.133. The smallest absolute Gasteiger partial charge is 0.284 e. The highest BCUT2D eigenvalue weighted by molar-refractivity contribution is 9.10. The number of nitrogens with zero attached hydrogens (tertiary/aromatic N) is 2. The summed E-state index contributed by atoms with van der Waals surface area (Å²) in [5.41, 5.74) is 0.744. The van der Waals surface area contributed by atoms with Crippen LogP contribution in [0.2, 0.25) is 0 Å². The minimum absolute atomic E-state index is 0.0616. The maximum Gasteiger partial charge on any atom is 0.284 e. The highest BCUT2D eigenvalue weighted by Crippen LogP contribution is 2.35. The Kier molecular flexibility index (Phi) is 11.7. The fourth-order valence-electron chi connectivity index (χ4n) is 3.90. The van der Waals surface area contributed by atoms with E-state index in [0.29, 0.717) is 29.6 Å². The van der Waals surface area contributed by atoms with Gasteiger partial charge in [0.1, 0.15) is 0 Å². The molecule has 38 heavy (non-hydrogen) atoms. The zero-order valence-electron chi connectivity index (χ0n) is 22.1. The largest absolute Gasteiger partial charge is 0.493 e. The van der Waals surface area contributed by atoms with Gasteiger partial charge in [-0.2, -0.15) is 8.42 Å². The van der Waals surface area contributed by atoms with Gasteiger partial charge in [-0.1, -0.05) is 67.4 Å². The lowest BCUT2D eigenvalue weighted by molar-refractivity contribution is -0.122. The number of sulfonamides is 1. The predicted octanol–water partition coefficient (Wildman–Crippen LogP) is 7.27. The van der Waals surface area contributed by atoms with Crippen molar-refractivity contribution in [3.8, 4) is 11.5 Å². The molecule has 1 heterocycles. The molecule has 0 unspecified atom stereocenters. The van der Waals surface area contributed by atoms with Crippen molar-refractivity contribution in [3.63, 3.8) is 0 Å². The lowest BCUT2D eigenvalue weighted by atomic mass is 10.1. The number of unbranched alkanes of at least 4 members (excludes halogenated alkanes) is 6. The Hall–Kier alpha value is -2.30. The Morgan fingerprint density at radius 3 is 2.32 bits per heavy atom. The number of amidine groups is 1. The lowest BCUT2D eigenvalue weighted by Gasteiger charge is -2.12. The van der Waals surface area contributed by atoms with Gasteiger partial charge in [-0.25, -0.2) is 0 Å². The van der Waals surface area contributed by atoms with E-state index in [1.54, 1.807) is 32.2 Å². The van der Waals surface area contributed by atoms with Crippen molar-refractivity contribution >= 4 is 54.9 Å².